The van der Waals surface area contributed by atoms with E-state index in [1.165, 1.54) is 12.8 Å². The molecule has 1 unspecified atom stereocenters. The molecule has 1 aromatic heterocycles. The summed E-state index contributed by atoms with van der Waals surface area (Å²) in [6.45, 7) is 4.30. The quantitative estimate of drug-likeness (QED) is 0.788. The Bertz CT molecular complexity index is 475. The molecule has 5 heteroatoms. The van der Waals surface area contributed by atoms with Crippen LogP contribution in [0.3, 0.4) is 0 Å². The normalized spacial score (nSPS) is 31.6. The molecule has 2 fully saturated rings. The predicted octanol–water partition coefficient (Wildman–Crippen LogP) is 2.40. The lowest BCUT2D eigenvalue weighted by Crippen LogP contribution is -2.35. The molecule has 0 spiro atoms. The minimum absolute atomic E-state index is 0.190. The molecule has 3 atom stereocenters. The number of hydrogen-bond acceptors (Lipinski definition) is 5. The topological polar surface area (TPSA) is 70.1 Å². The van der Waals surface area contributed by atoms with Gasteiger partial charge in [-0.25, -0.2) is 4.98 Å². The first-order valence-corrected chi connectivity index (χ1v) is 7.60. The number of aliphatic hydroxyl groups excluding tert-OH is 1. The van der Waals surface area contributed by atoms with Crippen molar-refractivity contribution in [2.75, 3.05) is 10.6 Å². The van der Waals surface area contributed by atoms with E-state index in [1.807, 2.05) is 6.07 Å². The number of anilines is 2. The molecular weight excluding hydrogens is 252 g/mol. The maximum absolute atomic E-state index is 9.96. The lowest BCUT2D eigenvalue weighted by Gasteiger charge is -2.31. The fraction of sp³-hybridized carbons (Fsp3) is 0.733. The van der Waals surface area contributed by atoms with Crippen molar-refractivity contribution in [3.63, 3.8) is 0 Å². The molecular formula is C15H24N4O. The van der Waals surface area contributed by atoms with Crippen LogP contribution in [0.15, 0.2) is 12.3 Å². The Morgan fingerprint density at radius 1 is 1.35 bits per heavy atom. The molecule has 0 radical (unpaired) electrons. The van der Waals surface area contributed by atoms with Crippen molar-refractivity contribution in [2.45, 2.75) is 63.6 Å². The summed E-state index contributed by atoms with van der Waals surface area (Å²) in [5, 5.41) is 16.8. The summed E-state index contributed by atoms with van der Waals surface area (Å²) in [7, 11) is 0. The number of nitrogens with zero attached hydrogens (tertiary/aromatic N) is 2. The standard InChI is InChI=1S/C15H24N4O/c1-10-3-4-11(9-12(10)20)17-13-5-8-16-14(18-13)19-15(2)6-7-15/h5,8,10-12,20H,3-4,6-7,9H2,1-2H3,(H2,16,17,18,19)/t10-,11?,12-/m1/s1. The van der Waals surface area contributed by atoms with Crippen LogP contribution >= 0.6 is 0 Å². The van der Waals surface area contributed by atoms with Gasteiger partial charge >= 0.3 is 0 Å². The number of aromatic nitrogens is 2. The van der Waals surface area contributed by atoms with Crippen molar-refractivity contribution in [3.05, 3.63) is 12.3 Å². The van der Waals surface area contributed by atoms with Gasteiger partial charge in [0.1, 0.15) is 5.82 Å². The number of nitrogens with one attached hydrogen (secondary N) is 2. The molecule has 5 nitrogen and oxygen atoms in total. The van der Waals surface area contributed by atoms with Crippen molar-refractivity contribution < 1.29 is 5.11 Å². The maximum Gasteiger partial charge on any atom is 0.225 e. The highest BCUT2D eigenvalue weighted by atomic mass is 16.3. The zero-order valence-electron chi connectivity index (χ0n) is 12.3. The lowest BCUT2D eigenvalue weighted by atomic mass is 9.85. The molecule has 0 saturated heterocycles. The van der Waals surface area contributed by atoms with Gasteiger partial charge in [0.2, 0.25) is 5.95 Å². The molecule has 2 saturated carbocycles. The Labute approximate surface area is 120 Å². The molecule has 0 aliphatic heterocycles. The van der Waals surface area contributed by atoms with Gasteiger partial charge in [-0.1, -0.05) is 6.92 Å². The van der Waals surface area contributed by atoms with Crippen LogP contribution in [0.4, 0.5) is 11.8 Å². The molecule has 0 aromatic carbocycles. The highest BCUT2D eigenvalue weighted by Gasteiger charge is 2.37. The number of rotatable bonds is 4. The minimum Gasteiger partial charge on any atom is -0.393 e. The predicted molar refractivity (Wildman–Crippen MR) is 79.7 cm³/mol. The largest absolute Gasteiger partial charge is 0.393 e. The summed E-state index contributed by atoms with van der Waals surface area (Å²) in [6.07, 6.45) is 6.89. The maximum atomic E-state index is 9.96. The van der Waals surface area contributed by atoms with E-state index in [-0.39, 0.29) is 11.6 Å². The van der Waals surface area contributed by atoms with Gasteiger partial charge in [-0.2, -0.15) is 4.98 Å². The molecule has 0 bridgehead atoms. The zero-order valence-corrected chi connectivity index (χ0v) is 12.3. The van der Waals surface area contributed by atoms with Gasteiger partial charge in [0.15, 0.2) is 0 Å². The van der Waals surface area contributed by atoms with Crippen LogP contribution in [0.2, 0.25) is 0 Å². The van der Waals surface area contributed by atoms with E-state index in [1.54, 1.807) is 6.20 Å². The second-order valence-corrected chi connectivity index (χ2v) is 6.65. The second kappa shape index (κ2) is 5.20. The molecule has 1 heterocycles. The Kier molecular flexibility index (Phi) is 3.54. The fourth-order valence-electron chi connectivity index (χ4n) is 2.72. The molecule has 110 valence electrons. The van der Waals surface area contributed by atoms with Crippen molar-refractivity contribution in [1.82, 2.24) is 9.97 Å². The van der Waals surface area contributed by atoms with E-state index in [4.69, 9.17) is 0 Å². The van der Waals surface area contributed by atoms with Crippen LogP contribution in [0.25, 0.3) is 0 Å². The SMILES string of the molecule is C[C@@H]1CCC(Nc2ccnc(NC3(C)CC3)n2)C[C@H]1O. The van der Waals surface area contributed by atoms with Gasteiger partial charge in [0.25, 0.3) is 0 Å². The summed E-state index contributed by atoms with van der Waals surface area (Å²) >= 11 is 0. The van der Waals surface area contributed by atoms with E-state index in [0.717, 1.165) is 25.1 Å². The van der Waals surface area contributed by atoms with Gasteiger partial charge in [0.05, 0.1) is 6.10 Å². The number of aliphatic hydroxyl groups is 1. The summed E-state index contributed by atoms with van der Waals surface area (Å²) in [5.41, 5.74) is 0.190. The first kappa shape index (κ1) is 13.6. The minimum atomic E-state index is -0.203. The van der Waals surface area contributed by atoms with Crippen LogP contribution in [-0.4, -0.2) is 32.8 Å². The molecule has 3 N–H and O–H groups in total. The van der Waals surface area contributed by atoms with Gasteiger partial charge in [-0.3, -0.25) is 0 Å². The van der Waals surface area contributed by atoms with Crippen LogP contribution in [0.5, 0.6) is 0 Å². The summed E-state index contributed by atoms with van der Waals surface area (Å²) < 4.78 is 0. The summed E-state index contributed by atoms with van der Waals surface area (Å²) in [5.74, 6) is 1.95. The van der Waals surface area contributed by atoms with E-state index in [0.29, 0.717) is 17.9 Å². The van der Waals surface area contributed by atoms with Crippen molar-refractivity contribution >= 4 is 11.8 Å². The Balaban J connectivity index is 1.61. The molecule has 1 aromatic rings. The lowest BCUT2D eigenvalue weighted by molar-refractivity contribution is 0.0739. The highest BCUT2D eigenvalue weighted by molar-refractivity contribution is 5.42. The molecule has 3 rings (SSSR count). The fourth-order valence-corrected chi connectivity index (χ4v) is 2.72. The van der Waals surface area contributed by atoms with Gasteiger partial charge in [-0.15, -0.1) is 0 Å². The molecule has 2 aliphatic rings. The average molecular weight is 276 g/mol. The number of hydrogen-bond donors (Lipinski definition) is 3. The third-order valence-electron chi connectivity index (χ3n) is 4.57. The van der Waals surface area contributed by atoms with E-state index >= 15 is 0 Å². The van der Waals surface area contributed by atoms with Crippen molar-refractivity contribution in [1.29, 1.82) is 0 Å². The third kappa shape index (κ3) is 3.20. The molecule has 2 aliphatic carbocycles. The highest BCUT2D eigenvalue weighted by Crippen LogP contribution is 2.37. The average Bonchev–Trinajstić information content (AvgIpc) is 3.12. The smallest absolute Gasteiger partial charge is 0.225 e. The van der Waals surface area contributed by atoms with Crippen molar-refractivity contribution in [2.24, 2.45) is 5.92 Å². The van der Waals surface area contributed by atoms with Gasteiger partial charge in [0, 0.05) is 17.8 Å². The van der Waals surface area contributed by atoms with Crippen molar-refractivity contribution in [3.8, 4) is 0 Å². The third-order valence-corrected chi connectivity index (χ3v) is 4.57. The van der Waals surface area contributed by atoms with Crippen LogP contribution in [0, 0.1) is 5.92 Å². The van der Waals surface area contributed by atoms with Crippen LogP contribution in [0.1, 0.15) is 46.0 Å². The molecule has 0 amide bonds. The van der Waals surface area contributed by atoms with E-state index in [9.17, 15) is 5.11 Å². The Morgan fingerprint density at radius 2 is 2.15 bits per heavy atom. The van der Waals surface area contributed by atoms with Gasteiger partial charge < -0.3 is 15.7 Å². The second-order valence-electron chi connectivity index (χ2n) is 6.65. The first-order valence-electron chi connectivity index (χ1n) is 7.60. The van der Waals surface area contributed by atoms with E-state index in [2.05, 4.69) is 34.4 Å². The summed E-state index contributed by atoms with van der Waals surface area (Å²) in [4.78, 5) is 8.79. The first-order chi connectivity index (χ1) is 9.54. The molecule has 20 heavy (non-hydrogen) atoms. The monoisotopic (exact) mass is 276 g/mol. The Hall–Kier alpha value is -1.36. The van der Waals surface area contributed by atoms with Crippen LogP contribution in [-0.2, 0) is 0 Å². The van der Waals surface area contributed by atoms with Gasteiger partial charge in [-0.05, 0) is 51.0 Å². The zero-order chi connectivity index (χ0) is 14.2. The summed E-state index contributed by atoms with van der Waals surface area (Å²) in [6, 6.07) is 2.20. The Morgan fingerprint density at radius 3 is 2.85 bits per heavy atom. The van der Waals surface area contributed by atoms with E-state index < -0.39 is 0 Å². The van der Waals surface area contributed by atoms with Crippen LogP contribution < -0.4 is 10.6 Å².